The van der Waals surface area contributed by atoms with Gasteiger partial charge in [0.15, 0.2) is 11.2 Å². The smallest absolute Gasteiger partial charge is 0.329 e. The Labute approximate surface area is 179 Å². The van der Waals surface area contributed by atoms with Crippen LogP contribution in [0.3, 0.4) is 0 Å². The van der Waals surface area contributed by atoms with Gasteiger partial charge in [-0.15, -0.1) is 22.7 Å². The van der Waals surface area contributed by atoms with E-state index >= 15 is 0 Å². The van der Waals surface area contributed by atoms with Crippen molar-refractivity contribution in [3.05, 3.63) is 71.4 Å². The molecule has 4 aromatic rings. The molecule has 0 N–H and O–H groups in total. The van der Waals surface area contributed by atoms with Crippen LogP contribution < -0.4 is 11.2 Å². The summed E-state index contributed by atoms with van der Waals surface area (Å²) in [5, 5.41) is 4.05. The highest BCUT2D eigenvalue weighted by atomic mass is 32.1. The van der Waals surface area contributed by atoms with Crippen LogP contribution in [0, 0.1) is 0 Å². The second kappa shape index (κ2) is 7.06. The molecule has 5 rings (SSSR count). The van der Waals surface area contributed by atoms with Crippen molar-refractivity contribution in [2.24, 2.45) is 14.1 Å². The molecule has 0 aliphatic carbocycles. The molecule has 1 unspecified atom stereocenters. The van der Waals surface area contributed by atoms with Gasteiger partial charge in [0.2, 0.25) is 5.91 Å². The molecule has 1 atom stereocenters. The van der Waals surface area contributed by atoms with Gasteiger partial charge in [-0.25, -0.2) is 14.3 Å². The van der Waals surface area contributed by atoms with Gasteiger partial charge in [0.1, 0.15) is 6.54 Å². The fourth-order valence-corrected chi connectivity index (χ4v) is 5.86. The lowest BCUT2D eigenvalue weighted by atomic mass is 9.98. The maximum atomic E-state index is 13.4. The number of carbonyl (C=O) groups excluding carboxylic acids is 1. The molecule has 0 aromatic carbocycles. The first-order chi connectivity index (χ1) is 14.5. The zero-order valence-electron chi connectivity index (χ0n) is 16.4. The molecule has 0 radical (unpaired) electrons. The van der Waals surface area contributed by atoms with Crippen LogP contribution in [0.25, 0.3) is 11.2 Å². The van der Waals surface area contributed by atoms with Crippen LogP contribution in [0.2, 0.25) is 0 Å². The lowest BCUT2D eigenvalue weighted by Crippen LogP contribution is -2.47. The third kappa shape index (κ3) is 2.78. The second-order valence-corrected chi connectivity index (χ2v) is 9.29. The van der Waals surface area contributed by atoms with Crippen molar-refractivity contribution in [3.8, 4) is 0 Å². The van der Waals surface area contributed by atoms with Crippen LogP contribution in [0.15, 0.2) is 44.9 Å². The van der Waals surface area contributed by atoms with E-state index in [1.807, 2.05) is 17.5 Å². The average Bonchev–Trinajstić information content (AvgIpc) is 3.49. The summed E-state index contributed by atoms with van der Waals surface area (Å²) in [4.78, 5) is 47.5. The zero-order chi connectivity index (χ0) is 21.0. The molecule has 0 bridgehead atoms. The monoisotopic (exact) mass is 441 g/mol. The van der Waals surface area contributed by atoms with Gasteiger partial charge in [0.25, 0.3) is 5.56 Å². The van der Waals surface area contributed by atoms with E-state index in [-0.39, 0.29) is 18.5 Å². The lowest BCUT2D eigenvalue weighted by Gasteiger charge is -2.35. The number of amides is 1. The molecular formula is C20H19N5O3S2. The quantitative estimate of drug-likeness (QED) is 0.485. The Balaban J connectivity index is 1.57. The van der Waals surface area contributed by atoms with Gasteiger partial charge in [-0.2, -0.15) is 0 Å². The van der Waals surface area contributed by atoms with Crippen molar-refractivity contribution in [2.45, 2.75) is 19.0 Å². The maximum Gasteiger partial charge on any atom is 0.332 e. The van der Waals surface area contributed by atoms with Crippen LogP contribution in [-0.4, -0.2) is 36.0 Å². The van der Waals surface area contributed by atoms with E-state index < -0.39 is 11.2 Å². The van der Waals surface area contributed by atoms with Crippen molar-refractivity contribution in [2.75, 3.05) is 6.54 Å². The van der Waals surface area contributed by atoms with Crippen molar-refractivity contribution >= 4 is 39.7 Å². The fourth-order valence-electron chi connectivity index (χ4n) is 4.10. The highest BCUT2D eigenvalue weighted by molar-refractivity contribution is 7.10. The molecule has 154 valence electrons. The summed E-state index contributed by atoms with van der Waals surface area (Å²) in [6, 6.07) is 5.87. The van der Waals surface area contributed by atoms with E-state index in [4.69, 9.17) is 0 Å². The molecule has 1 amide bonds. The van der Waals surface area contributed by atoms with E-state index in [9.17, 15) is 14.4 Å². The lowest BCUT2D eigenvalue weighted by molar-refractivity contribution is -0.134. The first-order valence-electron chi connectivity index (χ1n) is 9.47. The summed E-state index contributed by atoms with van der Waals surface area (Å²) in [5.41, 5.74) is 0.708. The topological polar surface area (TPSA) is 82.1 Å². The van der Waals surface area contributed by atoms with Crippen LogP contribution in [-0.2, 0) is 31.9 Å². The number of imidazole rings is 1. The number of hydrogen-bond acceptors (Lipinski definition) is 6. The third-order valence-corrected chi connectivity index (χ3v) is 7.51. The number of fused-ring (bicyclic) bond motifs is 2. The second-order valence-electron chi connectivity index (χ2n) is 7.31. The molecular weight excluding hydrogens is 422 g/mol. The van der Waals surface area contributed by atoms with Crippen LogP contribution in [0.1, 0.15) is 21.4 Å². The molecule has 1 aliphatic heterocycles. The van der Waals surface area contributed by atoms with Gasteiger partial charge < -0.3 is 9.47 Å². The summed E-state index contributed by atoms with van der Waals surface area (Å²) in [5.74, 6) is -0.244. The van der Waals surface area contributed by atoms with Crippen LogP contribution in [0.5, 0.6) is 0 Å². The van der Waals surface area contributed by atoms with Gasteiger partial charge in [-0.3, -0.25) is 14.2 Å². The molecule has 0 fully saturated rings. The highest BCUT2D eigenvalue weighted by Gasteiger charge is 2.34. The third-order valence-electron chi connectivity index (χ3n) is 5.59. The Morgan fingerprint density at radius 2 is 2.03 bits per heavy atom. The van der Waals surface area contributed by atoms with Crippen molar-refractivity contribution < 1.29 is 4.79 Å². The Hall–Kier alpha value is -2.98. The number of hydrogen-bond donors (Lipinski definition) is 0. The number of nitrogens with zero attached hydrogens (tertiary/aromatic N) is 5. The predicted molar refractivity (Wildman–Crippen MR) is 116 cm³/mol. The van der Waals surface area contributed by atoms with Gasteiger partial charge in [0.05, 0.1) is 12.4 Å². The van der Waals surface area contributed by atoms with Gasteiger partial charge in [0, 0.05) is 30.4 Å². The van der Waals surface area contributed by atoms with E-state index in [2.05, 4.69) is 16.4 Å². The number of thiophene rings is 2. The predicted octanol–water partition coefficient (Wildman–Crippen LogP) is 1.73. The number of carbonyl (C=O) groups is 1. The van der Waals surface area contributed by atoms with Crippen LogP contribution in [0.4, 0.5) is 0 Å². The fraction of sp³-hybridized carbons (Fsp3) is 0.300. The molecule has 8 nitrogen and oxygen atoms in total. The first-order valence-corrected chi connectivity index (χ1v) is 11.2. The standard InChI is InChI=1S/C20H19N5O3S2/c1-22-11-21-18-17(22)19(27)25(20(28)23(18)2)10-15(26)24-7-5-13-12(6-9-30-13)16(24)14-4-3-8-29-14/h3-4,6,8-9,11,16H,5,7,10H2,1-2H3. The molecule has 30 heavy (non-hydrogen) atoms. The largest absolute Gasteiger partial charge is 0.332 e. The van der Waals surface area contributed by atoms with E-state index in [1.165, 1.54) is 15.8 Å². The van der Waals surface area contributed by atoms with Crippen LogP contribution >= 0.6 is 22.7 Å². The molecule has 5 heterocycles. The number of aromatic nitrogens is 4. The van der Waals surface area contributed by atoms with E-state index in [0.717, 1.165) is 21.4 Å². The summed E-state index contributed by atoms with van der Waals surface area (Å²) in [6.07, 6.45) is 2.27. The molecule has 0 spiro atoms. The van der Waals surface area contributed by atoms with Crippen molar-refractivity contribution in [1.29, 1.82) is 0 Å². The Morgan fingerprint density at radius 3 is 2.80 bits per heavy atom. The van der Waals surface area contributed by atoms with E-state index in [1.54, 1.807) is 46.2 Å². The molecule has 10 heteroatoms. The SMILES string of the molecule is Cn1cnc2c1c(=O)n(CC(=O)N1CCc3sccc3C1c1cccs1)c(=O)n2C. The molecule has 0 saturated heterocycles. The maximum absolute atomic E-state index is 13.4. The van der Waals surface area contributed by atoms with Crippen molar-refractivity contribution in [1.82, 2.24) is 23.6 Å². The number of rotatable bonds is 3. The number of aryl methyl sites for hydroxylation is 2. The summed E-state index contributed by atoms with van der Waals surface area (Å²) in [7, 11) is 3.26. The minimum atomic E-state index is -0.541. The Kier molecular flexibility index (Phi) is 4.48. The summed E-state index contributed by atoms with van der Waals surface area (Å²) < 4.78 is 3.90. The summed E-state index contributed by atoms with van der Waals surface area (Å²) >= 11 is 3.31. The highest BCUT2D eigenvalue weighted by Crippen LogP contribution is 2.39. The normalized spacial score (nSPS) is 16.2. The molecule has 1 aliphatic rings. The van der Waals surface area contributed by atoms with Crippen molar-refractivity contribution in [3.63, 3.8) is 0 Å². The summed E-state index contributed by atoms with van der Waals surface area (Å²) in [6.45, 7) is 0.256. The zero-order valence-corrected chi connectivity index (χ0v) is 18.1. The van der Waals surface area contributed by atoms with Gasteiger partial charge in [-0.1, -0.05) is 6.07 Å². The van der Waals surface area contributed by atoms with Gasteiger partial charge >= 0.3 is 5.69 Å². The van der Waals surface area contributed by atoms with Gasteiger partial charge in [-0.05, 0) is 34.9 Å². The minimum absolute atomic E-state index is 0.188. The Morgan fingerprint density at radius 1 is 1.20 bits per heavy atom. The molecule has 4 aromatic heterocycles. The average molecular weight is 442 g/mol. The minimum Gasteiger partial charge on any atom is -0.329 e. The van der Waals surface area contributed by atoms with E-state index in [0.29, 0.717) is 17.7 Å². The first kappa shape index (κ1) is 19.0. The Bertz CT molecular complexity index is 1380. The molecule has 0 saturated carbocycles.